The Morgan fingerprint density at radius 1 is 1.10 bits per heavy atom. The van der Waals surface area contributed by atoms with E-state index < -0.39 is 25.7 Å². The Kier molecular flexibility index (Phi) is 8.49. The van der Waals surface area contributed by atoms with E-state index in [9.17, 15) is 18.3 Å². The zero-order valence-electron chi connectivity index (χ0n) is 25.8. The number of aromatic nitrogens is 1. The molecule has 2 aromatic heterocycles. The minimum atomic E-state index is -4.54. The number of phenols is 1. The third kappa shape index (κ3) is 6.22. The van der Waals surface area contributed by atoms with E-state index in [4.69, 9.17) is 9.41 Å². The van der Waals surface area contributed by atoms with Crippen LogP contribution in [-0.4, -0.2) is 18.4 Å². The lowest BCUT2D eigenvalue weighted by Crippen LogP contribution is -2.47. The van der Waals surface area contributed by atoms with Crippen LogP contribution >= 0.6 is 11.3 Å². The van der Waals surface area contributed by atoms with Crippen molar-refractivity contribution in [3.8, 4) is 28.0 Å². The maximum Gasteiger partial charge on any atom is 0.416 e. The van der Waals surface area contributed by atoms with Gasteiger partial charge in [0.2, 0.25) is 0 Å². The highest BCUT2D eigenvalue weighted by Crippen LogP contribution is 2.56. The number of hydrogen-bond acceptors (Lipinski definition) is 4. The summed E-state index contributed by atoms with van der Waals surface area (Å²) in [6.45, 7) is 13.6. The van der Waals surface area contributed by atoms with Crippen molar-refractivity contribution in [1.29, 1.82) is 0 Å². The van der Waals surface area contributed by atoms with Gasteiger partial charge in [0.25, 0.3) is 0 Å². The molecular formula is C34H44F3NO2SSi. The maximum atomic E-state index is 13.6. The van der Waals surface area contributed by atoms with Gasteiger partial charge in [-0.2, -0.15) is 24.5 Å². The summed E-state index contributed by atoms with van der Waals surface area (Å²) in [6.07, 6.45) is 3.47. The molecule has 0 bridgehead atoms. The van der Waals surface area contributed by atoms with Gasteiger partial charge < -0.3 is 9.53 Å². The number of benzene rings is 1. The molecule has 1 atom stereocenters. The van der Waals surface area contributed by atoms with Crippen molar-refractivity contribution >= 4 is 19.7 Å². The molecule has 0 amide bonds. The van der Waals surface area contributed by atoms with Crippen LogP contribution < -0.4 is 0 Å². The van der Waals surface area contributed by atoms with Crippen molar-refractivity contribution in [2.75, 3.05) is 0 Å². The molecule has 2 heterocycles. The van der Waals surface area contributed by atoms with E-state index >= 15 is 0 Å². The lowest BCUT2D eigenvalue weighted by Gasteiger charge is -2.48. The normalized spacial score (nSPS) is 21.1. The van der Waals surface area contributed by atoms with Gasteiger partial charge in [0.1, 0.15) is 5.75 Å². The van der Waals surface area contributed by atoms with Crippen molar-refractivity contribution in [1.82, 2.24) is 4.98 Å². The van der Waals surface area contributed by atoms with Crippen molar-refractivity contribution in [2.24, 2.45) is 5.41 Å². The van der Waals surface area contributed by atoms with Crippen molar-refractivity contribution < 1.29 is 22.7 Å². The van der Waals surface area contributed by atoms with Crippen LogP contribution in [-0.2, 0) is 22.6 Å². The molecule has 0 aliphatic heterocycles. The van der Waals surface area contributed by atoms with Gasteiger partial charge in [-0.15, -0.1) is 0 Å². The lowest BCUT2D eigenvalue weighted by atomic mass is 9.66. The van der Waals surface area contributed by atoms with Crippen LogP contribution in [0.2, 0.25) is 19.1 Å². The van der Waals surface area contributed by atoms with Crippen LogP contribution in [0.5, 0.6) is 5.75 Å². The molecule has 42 heavy (non-hydrogen) atoms. The fourth-order valence-corrected chi connectivity index (χ4v) is 10.9. The van der Waals surface area contributed by atoms with E-state index in [2.05, 4.69) is 52.2 Å². The summed E-state index contributed by atoms with van der Waals surface area (Å²) in [7, 11) is -2.10. The Balaban J connectivity index is 1.85. The van der Waals surface area contributed by atoms with E-state index in [-0.39, 0.29) is 17.1 Å². The summed E-state index contributed by atoms with van der Waals surface area (Å²) in [5.74, 6) is -0.171. The molecule has 1 saturated carbocycles. The SMILES string of the molecule is CCCC[Si](C)(C)OC1(C)CC(C)(C)Cc2nc(C3CCCC3)c(-c3ccc(C(F)(F)F)cc3O)c(-c3ccsc3)c21. The molecule has 5 rings (SSSR count). The first kappa shape index (κ1) is 31.3. The Hall–Kier alpha value is -2.16. The number of pyridine rings is 1. The Morgan fingerprint density at radius 3 is 2.40 bits per heavy atom. The van der Waals surface area contributed by atoms with E-state index in [1.54, 1.807) is 11.3 Å². The Labute approximate surface area is 253 Å². The van der Waals surface area contributed by atoms with Gasteiger partial charge in [-0.1, -0.05) is 46.5 Å². The van der Waals surface area contributed by atoms with Crippen LogP contribution in [0.3, 0.4) is 0 Å². The van der Waals surface area contributed by atoms with Crippen molar-refractivity contribution in [3.63, 3.8) is 0 Å². The minimum absolute atomic E-state index is 0.0408. The molecule has 0 saturated heterocycles. The number of halogens is 3. The summed E-state index contributed by atoms with van der Waals surface area (Å²) in [5.41, 5.74) is 4.63. The fraction of sp³-hybridized carbons (Fsp3) is 0.559. The number of phenolic OH excluding ortho intramolecular Hbond substituents is 1. The molecule has 228 valence electrons. The summed E-state index contributed by atoms with van der Waals surface area (Å²) < 4.78 is 48.2. The van der Waals surface area contributed by atoms with Gasteiger partial charge >= 0.3 is 6.18 Å². The summed E-state index contributed by atoms with van der Waals surface area (Å²) >= 11 is 1.60. The highest BCUT2D eigenvalue weighted by Gasteiger charge is 2.48. The predicted molar refractivity (Wildman–Crippen MR) is 169 cm³/mol. The Bertz CT molecular complexity index is 1430. The van der Waals surface area contributed by atoms with Gasteiger partial charge in [0.15, 0.2) is 8.32 Å². The van der Waals surface area contributed by atoms with Gasteiger partial charge in [-0.05, 0) is 97.7 Å². The van der Waals surface area contributed by atoms with Crippen molar-refractivity contribution in [3.05, 3.63) is 57.5 Å². The maximum absolute atomic E-state index is 13.6. The highest BCUT2D eigenvalue weighted by atomic mass is 32.1. The molecule has 1 unspecified atom stereocenters. The topological polar surface area (TPSA) is 42.4 Å². The molecule has 3 nitrogen and oxygen atoms in total. The van der Waals surface area contributed by atoms with E-state index in [1.165, 1.54) is 6.07 Å². The van der Waals surface area contributed by atoms with Crippen LogP contribution in [0.4, 0.5) is 13.2 Å². The second kappa shape index (κ2) is 11.4. The largest absolute Gasteiger partial charge is 0.507 e. The number of unbranched alkanes of at least 4 members (excludes halogenated alkanes) is 1. The number of alkyl halides is 3. The standard InChI is InChI=1S/C34H44F3NO2SSi/c1-7-8-17-42(5,6)40-33(4)21-32(2,3)19-26-30(33)28(23-15-16-41-20-23)29(31(38-26)22-11-9-10-12-22)25-14-13-24(18-27(25)39)34(35,36)37/h13-16,18,20,22,39H,7-12,17,19,21H2,1-6H3. The van der Waals surface area contributed by atoms with Crippen LogP contribution in [0.1, 0.15) is 101 Å². The Morgan fingerprint density at radius 2 is 1.81 bits per heavy atom. The average Bonchev–Trinajstić information content (AvgIpc) is 3.59. The summed E-state index contributed by atoms with van der Waals surface area (Å²) in [5, 5.41) is 15.4. The van der Waals surface area contributed by atoms with Gasteiger partial charge in [0.05, 0.1) is 16.9 Å². The monoisotopic (exact) mass is 615 g/mol. The molecular weight excluding hydrogens is 572 g/mol. The highest BCUT2D eigenvalue weighted by molar-refractivity contribution is 7.08. The molecule has 2 aliphatic carbocycles. The number of fused-ring (bicyclic) bond motifs is 1. The number of nitrogens with zero attached hydrogens (tertiary/aromatic N) is 1. The molecule has 1 N–H and O–H groups in total. The van der Waals surface area contributed by atoms with E-state index in [0.717, 1.165) is 103 Å². The third-order valence-electron chi connectivity index (χ3n) is 9.07. The molecule has 0 radical (unpaired) electrons. The molecule has 0 spiro atoms. The second-order valence-electron chi connectivity index (χ2n) is 14.0. The fourth-order valence-electron chi connectivity index (χ4n) is 7.60. The molecule has 1 aromatic carbocycles. The summed E-state index contributed by atoms with van der Waals surface area (Å²) in [6, 6.07) is 6.54. The smallest absolute Gasteiger partial charge is 0.416 e. The average molecular weight is 616 g/mol. The first-order chi connectivity index (χ1) is 19.6. The zero-order chi connectivity index (χ0) is 30.5. The zero-order valence-corrected chi connectivity index (χ0v) is 27.6. The van der Waals surface area contributed by atoms with Gasteiger partial charge in [-0.3, -0.25) is 4.98 Å². The van der Waals surface area contributed by atoms with Crippen LogP contribution in [0.25, 0.3) is 22.3 Å². The summed E-state index contributed by atoms with van der Waals surface area (Å²) in [4.78, 5) is 5.44. The van der Waals surface area contributed by atoms with Crippen molar-refractivity contribution in [2.45, 2.75) is 116 Å². The lowest BCUT2D eigenvalue weighted by molar-refractivity contribution is -0.137. The van der Waals surface area contributed by atoms with E-state index in [0.29, 0.717) is 5.56 Å². The molecule has 3 aromatic rings. The number of rotatable bonds is 8. The number of hydrogen-bond donors (Lipinski definition) is 1. The van der Waals surface area contributed by atoms with Crippen LogP contribution in [0.15, 0.2) is 35.0 Å². The second-order valence-corrected chi connectivity index (χ2v) is 19.0. The van der Waals surface area contributed by atoms with E-state index in [1.807, 2.05) is 5.38 Å². The quantitative estimate of drug-likeness (QED) is 0.256. The minimum Gasteiger partial charge on any atom is -0.507 e. The number of aromatic hydroxyl groups is 1. The molecule has 1 fully saturated rings. The predicted octanol–water partition coefficient (Wildman–Crippen LogP) is 11.1. The van der Waals surface area contributed by atoms with Gasteiger partial charge in [-0.25, -0.2) is 0 Å². The van der Waals surface area contributed by atoms with Crippen LogP contribution in [0, 0.1) is 5.41 Å². The first-order valence-electron chi connectivity index (χ1n) is 15.3. The first-order valence-corrected chi connectivity index (χ1v) is 19.4. The third-order valence-corrected chi connectivity index (χ3v) is 12.3. The van der Waals surface area contributed by atoms with Gasteiger partial charge in [0, 0.05) is 33.9 Å². The number of thiophene rings is 1. The molecule has 2 aliphatic rings. The molecule has 8 heteroatoms.